The molecule has 0 amide bonds. The van der Waals surface area contributed by atoms with Crippen LogP contribution in [-0.2, 0) is 0 Å². The number of aryl methyl sites for hydroxylation is 1. The Kier molecular flexibility index (Phi) is 3.89. The summed E-state index contributed by atoms with van der Waals surface area (Å²) in [5.74, 6) is 0. The van der Waals surface area contributed by atoms with E-state index in [1.54, 1.807) is 17.6 Å². The van der Waals surface area contributed by atoms with Crippen LogP contribution in [0.3, 0.4) is 0 Å². The molecule has 2 rings (SSSR count). The van der Waals surface area contributed by atoms with E-state index in [9.17, 15) is 0 Å². The zero-order valence-electron chi connectivity index (χ0n) is 8.64. The van der Waals surface area contributed by atoms with E-state index < -0.39 is 0 Å². The number of hydrogen-bond acceptors (Lipinski definition) is 4. The average molecular weight is 343 g/mol. The largest absolute Gasteiger partial charge is 0.253 e. The lowest BCUT2D eigenvalue weighted by Crippen LogP contribution is -1.89. The quantitative estimate of drug-likeness (QED) is 0.526. The highest BCUT2D eigenvalue weighted by Gasteiger charge is 1.94. The lowest BCUT2D eigenvalue weighted by molar-refractivity contribution is 1.22. The summed E-state index contributed by atoms with van der Waals surface area (Å²) in [6.07, 6.45) is 1.78. The van der Waals surface area contributed by atoms with Gasteiger partial charge < -0.3 is 0 Å². The van der Waals surface area contributed by atoms with E-state index in [1.807, 2.05) is 24.4 Å². The van der Waals surface area contributed by atoms with Crippen molar-refractivity contribution in [3.8, 4) is 0 Å². The number of nitrogens with one attached hydrogen (secondary N) is 1. The topological polar surface area (TPSA) is 37.3 Å². The van der Waals surface area contributed by atoms with Gasteiger partial charge in [0.2, 0.25) is 5.13 Å². The van der Waals surface area contributed by atoms with E-state index in [2.05, 4.69) is 50.2 Å². The van der Waals surface area contributed by atoms with Gasteiger partial charge in [-0.15, -0.1) is 11.3 Å². The second kappa shape index (κ2) is 5.40. The first-order valence-corrected chi connectivity index (χ1v) is 6.66. The molecule has 0 aliphatic carbocycles. The van der Waals surface area contributed by atoms with Gasteiger partial charge in [0.15, 0.2) is 0 Å². The van der Waals surface area contributed by atoms with Crippen molar-refractivity contribution in [1.29, 1.82) is 0 Å². The Morgan fingerprint density at radius 1 is 1.38 bits per heavy atom. The predicted molar refractivity (Wildman–Crippen MR) is 77.2 cm³/mol. The Labute approximate surface area is 112 Å². The first-order valence-electron chi connectivity index (χ1n) is 4.71. The molecule has 0 aliphatic heterocycles. The summed E-state index contributed by atoms with van der Waals surface area (Å²) < 4.78 is 1.22. The first-order chi connectivity index (χ1) is 7.74. The maximum atomic E-state index is 4.25. The van der Waals surface area contributed by atoms with Crippen LogP contribution in [-0.4, -0.2) is 11.2 Å². The lowest BCUT2D eigenvalue weighted by Gasteiger charge is -1.94. The third-order valence-electron chi connectivity index (χ3n) is 1.86. The van der Waals surface area contributed by atoms with Crippen LogP contribution in [0.2, 0.25) is 0 Å². The molecule has 0 atom stereocenters. The molecule has 0 saturated heterocycles. The minimum atomic E-state index is 0.819. The summed E-state index contributed by atoms with van der Waals surface area (Å²) in [6, 6.07) is 8.16. The zero-order valence-corrected chi connectivity index (χ0v) is 11.6. The van der Waals surface area contributed by atoms with Crippen LogP contribution in [0.1, 0.15) is 11.3 Å². The molecule has 0 radical (unpaired) electrons. The van der Waals surface area contributed by atoms with Crippen LogP contribution in [0.4, 0.5) is 5.13 Å². The van der Waals surface area contributed by atoms with Crippen molar-refractivity contribution in [2.75, 3.05) is 5.43 Å². The predicted octanol–water partition coefficient (Wildman–Crippen LogP) is 3.50. The molecule has 5 heteroatoms. The van der Waals surface area contributed by atoms with Gasteiger partial charge in [-0.2, -0.15) is 5.10 Å². The van der Waals surface area contributed by atoms with Crippen LogP contribution in [0.5, 0.6) is 0 Å². The fraction of sp³-hybridized carbons (Fsp3) is 0.0909. The Bertz CT molecular complexity index is 490. The van der Waals surface area contributed by atoms with Crippen molar-refractivity contribution in [2.24, 2.45) is 5.10 Å². The van der Waals surface area contributed by atoms with Gasteiger partial charge in [0, 0.05) is 8.95 Å². The maximum Gasteiger partial charge on any atom is 0.203 e. The smallest absolute Gasteiger partial charge is 0.203 e. The molecule has 0 saturated carbocycles. The van der Waals surface area contributed by atoms with Crippen LogP contribution in [0.25, 0.3) is 0 Å². The molecule has 2 aromatic rings. The summed E-state index contributed by atoms with van der Waals surface area (Å²) in [4.78, 5) is 4.25. The van der Waals surface area contributed by atoms with E-state index in [1.165, 1.54) is 3.57 Å². The number of hydrazone groups is 1. The van der Waals surface area contributed by atoms with Gasteiger partial charge in [-0.1, -0.05) is 12.1 Å². The summed E-state index contributed by atoms with van der Waals surface area (Å²) >= 11 is 3.83. The fourth-order valence-corrected chi connectivity index (χ4v) is 2.11. The molecule has 0 fully saturated rings. The van der Waals surface area contributed by atoms with Crippen molar-refractivity contribution in [3.05, 3.63) is 44.5 Å². The monoisotopic (exact) mass is 343 g/mol. The second-order valence-corrected chi connectivity index (χ2v) is 5.32. The Morgan fingerprint density at radius 2 is 2.12 bits per heavy atom. The molecule has 0 aliphatic rings. The molecule has 1 N–H and O–H groups in total. The number of benzene rings is 1. The highest BCUT2D eigenvalue weighted by atomic mass is 127. The van der Waals surface area contributed by atoms with E-state index >= 15 is 0 Å². The lowest BCUT2D eigenvalue weighted by atomic mass is 10.2. The van der Waals surface area contributed by atoms with Crippen molar-refractivity contribution in [1.82, 2.24) is 4.98 Å². The molecule has 16 heavy (non-hydrogen) atoms. The van der Waals surface area contributed by atoms with Gasteiger partial charge in [-0.25, -0.2) is 4.98 Å². The molecule has 82 valence electrons. The fourth-order valence-electron chi connectivity index (χ4n) is 1.12. The van der Waals surface area contributed by atoms with Crippen molar-refractivity contribution in [3.63, 3.8) is 0 Å². The summed E-state index contributed by atoms with van der Waals surface area (Å²) in [5.41, 5.74) is 4.99. The molecule has 0 spiro atoms. The van der Waals surface area contributed by atoms with Gasteiger partial charge in [0.1, 0.15) is 0 Å². The van der Waals surface area contributed by atoms with Gasteiger partial charge in [0.05, 0.1) is 11.9 Å². The highest BCUT2D eigenvalue weighted by Crippen LogP contribution is 2.14. The molecular weight excluding hydrogens is 333 g/mol. The number of halogens is 1. The summed E-state index contributed by atoms with van der Waals surface area (Å²) in [5, 5.41) is 6.93. The minimum Gasteiger partial charge on any atom is -0.253 e. The average Bonchev–Trinajstić information content (AvgIpc) is 2.67. The number of nitrogens with zero attached hydrogens (tertiary/aromatic N) is 2. The Morgan fingerprint density at radius 3 is 2.75 bits per heavy atom. The van der Waals surface area contributed by atoms with Crippen molar-refractivity contribution < 1.29 is 0 Å². The highest BCUT2D eigenvalue weighted by molar-refractivity contribution is 14.1. The Hall–Kier alpha value is -0.950. The molecule has 1 aromatic heterocycles. The van der Waals surface area contributed by atoms with Crippen molar-refractivity contribution >= 4 is 45.3 Å². The maximum absolute atomic E-state index is 4.25. The van der Waals surface area contributed by atoms with Crippen LogP contribution < -0.4 is 5.43 Å². The van der Waals surface area contributed by atoms with Gasteiger partial charge >= 0.3 is 0 Å². The van der Waals surface area contributed by atoms with E-state index in [0.717, 1.165) is 16.4 Å². The molecule has 0 unspecified atom stereocenters. The van der Waals surface area contributed by atoms with Crippen LogP contribution in [0, 0.1) is 10.5 Å². The number of anilines is 1. The van der Waals surface area contributed by atoms with Gasteiger partial charge in [-0.3, -0.25) is 5.43 Å². The van der Waals surface area contributed by atoms with Gasteiger partial charge in [-0.05, 0) is 47.2 Å². The number of rotatable bonds is 3. The van der Waals surface area contributed by atoms with Gasteiger partial charge in [0.25, 0.3) is 0 Å². The van der Waals surface area contributed by atoms with Crippen LogP contribution >= 0.6 is 33.9 Å². The standard InChI is InChI=1S/C11H10IN3S/c1-8-7-16-11(14-8)15-13-6-9-2-4-10(12)5-3-9/h2-7H,1H3,(H,14,15). The summed E-state index contributed by atoms with van der Waals surface area (Å²) in [7, 11) is 0. The summed E-state index contributed by atoms with van der Waals surface area (Å²) in [6.45, 7) is 1.96. The van der Waals surface area contributed by atoms with Crippen LogP contribution in [0.15, 0.2) is 34.7 Å². The van der Waals surface area contributed by atoms with E-state index in [-0.39, 0.29) is 0 Å². The minimum absolute atomic E-state index is 0.819. The van der Waals surface area contributed by atoms with Crippen molar-refractivity contribution in [2.45, 2.75) is 6.92 Å². The third kappa shape index (κ3) is 3.28. The normalized spacial score (nSPS) is 10.9. The van der Waals surface area contributed by atoms with E-state index in [4.69, 9.17) is 0 Å². The molecule has 1 heterocycles. The molecule has 1 aromatic carbocycles. The number of aromatic nitrogens is 1. The molecular formula is C11H10IN3S. The Balaban J connectivity index is 1.97. The first kappa shape index (κ1) is 11.5. The molecule has 3 nitrogen and oxygen atoms in total. The SMILES string of the molecule is Cc1csc(NN=Cc2ccc(I)cc2)n1. The molecule has 0 bridgehead atoms. The second-order valence-electron chi connectivity index (χ2n) is 3.22. The zero-order chi connectivity index (χ0) is 11.4. The number of thiazole rings is 1. The third-order valence-corrected chi connectivity index (χ3v) is 3.45. The van der Waals surface area contributed by atoms with E-state index in [0.29, 0.717) is 0 Å². The number of hydrogen-bond donors (Lipinski definition) is 1.